The highest BCUT2D eigenvalue weighted by Gasteiger charge is 2.13. The number of nitro benzene ring substituents is 1. The van der Waals surface area contributed by atoms with Crippen LogP contribution >= 0.6 is 0 Å². The molecule has 8 heteroatoms. The van der Waals surface area contributed by atoms with Gasteiger partial charge in [0.2, 0.25) is 0 Å². The van der Waals surface area contributed by atoms with Crippen molar-refractivity contribution in [3.63, 3.8) is 0 Å². The number of aliphatic imine (C=N–C) groups is 1. The highest BCUT2D eigenvalue weighted by molar-refractivity contribution is 5.92. The second-order valence-electron chi connectivity index (χ2n) is 4.27. The number of aromatic hydroxyl groups is 2. The van der Waals surface area contributed by atoms with Crippen molar-refractivity contribution in [1.29, 1.82) is 0 Å². The number of carbonyl (C=O) groups is 1. The minimum Gasteiger partial charge on any atom is -0.507 e. The van der Waals surface area contributed by atoms with Crippen molar-refractivity contribution in [2.24, 2.45) is 4.99 Å². The zero-order valence-electron chi connectivity index (χ0n) is 11.0. The lowest BCUT2D eigenvalue weighted by molar-refractivity contribution is -0.385. The van der Waals surface area contributed by atoms with Gasteiger partial charge in [-0.15, -0.1) is 0 Å². The van der Waals surface area contributed by atoms with Gasteiger partial charge in [0.25, 0.3) is 0 Å². The molecule has 0 spiro atoms. The van der Waals surface area contributed by atoms with Crippen LogP contribution in [0, 0.1) is 10.1 Å². The van der Waals surface area contributed by atoms with Crippen LogP contribution in [0.4, 0.5) is 11.4 Å². The third kappa shape index (κ3) is 3.18. The highest BCUT2D eigenvalue weighted by atomic mass is 16.6. The molecule has 0 aliphatic rings. The first-order valence-electron chi connectivity index (χ1n) is 5.96. The molecule has 0 unspecified atom stereocenters. The molecule has 112 valence electrons. The molecule has 0 bridgehead atoms. The minimum absolute atomic E-state index is 0.255. The molecule has 2 rings (SSSR count). The van der Waals surface area contributed by atoms with Crippen LogP contribution in [0.5, 0.6) is 11.5 Å². The number of phenols is 2. The van der Waals surface area contributed by atoms with E-state index in [1.165, 1.54) is 36.5 Å². The normalized spacial score (nSPS) is 10.7. The quantitative estimate of drug-likeness (QED) is 0.451. The number of nitro groups is 1. The molecule has 0 aliphatic carbocycles. The Bertz CT molecular complexity index is 719. The van der Waals surface area contributed by atoms with Gasteiger partial charge in [0.05, 0.1) is 10.6 Å². The Hall–Kier alpha value is -3.42. The van der Waals surface area contributed by atoms with Gasteiger partial charge in [-0.25, -0.2) is 4.79 Å². The van der Waals surface area contributed by atoms with E-state index in [0.29, 0.717) is 5.56 Å². The number of benzene rings is 2. The lowest BCUT2D eigenvalue weighted by atomic mass is 10.1. The zero-order chi connectivity index (χ0) is 16.3. The Labute approximate surface area is 123 Å². The van der Waals surface area contributed by atoms with Crippen molar-refractivity contribution in [2.75, 3.05) is 0 Å². The summed E-state index contributed by atoms with van der Waals surface area (Å²) in [4.78, 5) is 24.9. The number of carboxylic acids is 1. The van der Waals surface area contributed by atoms with Gasteiger partial charge in [0.1, 0.15) is 11.3 Å². The van der Waals surface area contributed by atoms with Crippen molar-refractivity contribution in [3.8, 4) is 11.5 Å². The van der Waals surface area contributed by atoms with E-state index in [0.717, 1.165) is 6.07 Å². The third-order valence-electron chi connectivity index (χ3n) is 2.77. The standard InChI is InChI=1S/C14H10N2O6/c17-12-4-2-9(6-10(12)14(19)20)15-7-8-1-3-13(18)11(5-8)16(21)22/h1-7,17-18H,(H,19,20). The van der Waals surface area contributed by atoms with Gasteiger partial charge in [-0.3, -0.25) is 15.1 Å². The fraction of sp³-hybridized carbons (Fsp3) is 0. The van der Waals surface area contributed by atoms with E-state index >= 15 is 0 Å². The van der Waals surface area contributed by atoms with Crippen LogP contribution in [0.3, 0.4) is 0 Å². The summed E-state index contributed by atoms with van der Waals surface area (Å²) in [5, 5.41) is 38.3. The number of rotatable bonds is 4. The monoisotopic (exact) mass is 302 g/mol. The fourth-order valence-electron chi connectivity index (χ4n) is 1.69. The summed E-state index contributed by atoms with van der Waals surface area (Å²) in [5.41, 5.74) is -0.146. The first kappa shape index (κ1) is 15.0. The molecule has 0 aliphatic heterocycles. The van der Waals surface area contributed by atoms with Crippen LogP contribution in [0.25, 0.3) is 0 Å². The van der Waals surface area contributed by atoms with E-state index in [9.17, 15) is 25.1 Å². The first-order valence-corrected chi connectivity index (χ1v) is 5.96. The molecule has 0 saturated carbocycles. The van der Waals surface area contributed by atoms with E-state index in [2.05, 4.69) is 4.99 Å². The molecule has 0 fully saturated rings. The van der Waals surface area contributed by atoms with Crippen molar-refractivity contribution in [2.45, 2.75) is 0 Å². The average Bonchev–Trinajstić information content (AvgIpc) is 2.47. The second kappa shape index (κ2) is 5.92. The summed E-state index contributed by atoms with van der Waals surface area (Å²) in [6, 6.07) is 7.48. The van der Waals surface area contributed by atoms with Gasteiger partial charge in [-0.2, -0.15) is 0 Å². The smallest absolute Gasteiger partial charge is 0.339 e. The Morgan fingerprint density at radius 2 is 1.82 bits per heavy atom. The van der Waals surface area contributed by atoms with Crippen LogP contribution in [-0.4, -0.2) is 32.4 Å². The fourth-order valence-corrected chi connectivity index (χ4v) is 1.69. The molecule has 0 aromatic heterocycles. The molecule has 22 heavy (non-hydrogen) atoms. The predicted octanol–water partition coefficient (Wildman–Crippen LogP) is 2.45. The van der Waals surface area contributed by atoms with Gasteiger partial charge < -0.3 is 15.3 Å². The Balaban J connectivity index is 2.33. The molecule has 0 saturated heterocycles. The lowest BCUT2D eigenvalue weighted by Gasteiger charge is -2.01. The summed E-state index contributed by atoms with van der Waals surface area (Å²) < 4.78 is 0. The maximum atomic E-state index is 10.9. The maximum absolute atomic E-state index is 10.9. The SMILES string of the molecule is O=C(O)c1cc(N=Cc2ccc(O)c([N+](=O)[O-])c2)ccc1O. The van der Waals surface area contributed by atoms with Crippen LogP contribution in [0.1, 0.15) is 15.9 Å². The van der Waals surface area contributed by atoms with Gasteiger partial charge in [-0.1, -0.05) is 0 Å². The number of hydrogen-bond acceptors (Lipinski definition) is 6. The third-order valence-corrected chi connectivity index (χ3v) is 2.77. The van der Waals surface area contributed by atoms with Crippen LogP contribution in [-0.2, 0) is 0 Å². The molecule has 0 atom stereocenters. The Morgan fingerprint density at radius 1 is 1.14 bits per heavy atom. The first-order chi connectivity index (χ1) is 10.4. The molecule has 2 aromatic carbocycles. The summed E-state index contributed by atoms with van der Waals surface area (Å²) in [6.45, 7) is 0. The van der Waals surface area contributed by atoms with E-state index in [4.69, 9.17) is 5.11 Å². The number of carboxylic acid groups (broad SMARTS) is 1. The van der Waals surface area contributed by atoms with Crippen molar-refractivity contribution in [3.05, 3.63) is 57.6 Å². The van der Waals surface area contributed by atoms with Crippen molar-refractivity contribution >= 4 is 23.6 Å². The van der Waals surface area contributed by atoms with E-state index in [1.54, 1.807) is 0 Å². The Kier molecular flexibility index (Phi) is 4.03. The van der Waals surface area contributed by atoms with E-state index in [1.807, 2.05) is 0 Å². The van der Waals surface area contributed by atoms with E-state index < -0.39 is 22.3 Å². The number of aromatic carboxylic acids is 1. The second-order valence-corrected chi connectivity index (χ2v) is 4.27. The summed E-state index contributed by atoms with van der Waals surface area (Å²) in [6.07, 6.45) is 1.28. The molecular weight excluding hydrogens is 292 g/mol. The van der Waals surface area contributed by atoms with Crippen molar-refractivity contribution < 1.29 is 25.0 Å². The summed E-state index contributed by atoms with van der Waals surface area (Å²) in [7, 11) is 0. The topological polar surface area (TPSA) is 133 Å². The zero-order valence-corrected chi connectivity index (χ0v) is 11.0. The van der Waals surface area contributed by atoms with Gasteiger partial charge in [0, 0.05) is 12.3 Å². The van der Waals surface area contributed by atoms with Gasteiger partial charge in [-0.05, 0) is 35.9 Å². The molecule has 0 heterocycles. The predicted molar refractivity (Wildman–Crippen MR) is 77.1 cm³/mol. The molecule has 8 nitrogen and oxygen atoms in total. The molecule has 2 aromatic rings. The molecule has 0 amide bonds. The molecule has 0 radical (unpaired) electrons. The van der Waals surface area contributed by atoms with Crippen LogP contribution in [0.15, 0.2) is 41.4 Å². The largest absolute Gasteiger partial charge is 0.507 e. The molecule has 3 N–H and O–H groups in total. The average molecular weight is 302 g/mol. The maximum Gasteiger partial charge on any atom is 0.339 e. The Morgan fingerprint density at radius 3 is 2.45 bits per heavy atom. The van der Waals surface area contributed by atoms with Crippen LogP contribution in [0.2, 0.25) is 0 Å². The molecular formula is C14H10N2O6. The van der Waals surface area contributed by atoms with Crippen molar-refractivity contribution in [1.82, 2.24) is 0 Å². The summed E-state index contributed by atoms with van der Waals surface area (Å²) in [5.74, 6) is -2.14. The lowest BCUT2D eigenvalue weighted by Crippen LogP contribution is -1.96. The summed E-state index contributed by atoms with van der Waals surface area (Å²) >= 11 is 0. The highest BCUT2D eigenvalue weighted by Crippen LogP contribution is 2.26. The van der Waals surface area contributed by atoms with Gasteiger partial charge >= 0.3 is 11.7 Å². The van der Waals surface area contributed by atoms with E-state index in [-0.39, 0.29) is 17.0 Å². The number of phenolic OH excluding ortho intramolecular Hbond substituents is 1. The van der Waals surface area contributed by atoms with Crippen LogP contribution < -0.4 is 0 Å². The van der Waals surface area contributed by atoms with Gasteiger partial charge in [0.15, 0.2) is 5.75 Å². The number of hydrogen-bond donors (Lipinski definition) is 3. The number of nitrogens with zero attached hydrogens (tertiary/aromatic N) is 2. The minimum atomic E-state index is -1.30.